The fourth-order valence-corrected chi connectivity index (χ4v) is 3.78. The van der Waals surface area contributed by atoms with Gasteiger partial charge >= 0.3 is 0 Å². The summed E-state index contributed by atoms with van der Waals surface area (Å²) in [6.07, 6.45) is 1.81. The van der Waals surface area contributed by atoms with Gasteiger partial charge in [-0.25, -0.2) is 4.98 Å². The maximum Gasteiger partial charge on any atom is 0.235 e. The Morgan fingerprint density at radius 3 is 2.42 bits per heavy atom. The van der Waals surface area contributed by atoms with Crippen LogP contribution in [0.1, 0.15) is 12.5 Å². The molecule has 1 unspecified atom stereocenters. The minimum Gasteiger partial charge on any atom is -0.353 e. The molecule has 24 heavy (non-hydrogen) atoms. The molecule has 4 nitrogen and oxygen atoms in total. The van der Waals surface area contributed by atoms with Crippen LogP contribution in [-0.4, -0.2) is 47.2 Å². The Balaban J connectivity index is 1.53. The molecule has 2 heterocycles. The van der Waals surface area contributed by atoms with Crippen LogP contribution in [0, 0.1) is 6.92 Å². The summed E-state index contributed by atoms with van der Waals surface area (Å²) < 4.78 is 0. The minimum atomic E-state index is -0.0610. The molecular weight excluding hydrogens is 318 g/mol. The van der Waals surface area contributed by atoms with Crippen LogP contribution in [0.15, 0.2) is 53.6 Å². The van der Waals surface area contributed by atoms with E-state index in [2.05, 4.69) is 41.1 Å². The molecule has 0 aliphatic carbocycles. The summed E-state index contributed by atoms with van der Waals surface area (Å²) in [5, 5.41) is -0.0610. The summed E-state index contributed by atoms with van der Waals surface area (Å²) in [4.78, 5) is 22.4. The molecule has 0 spiro atoms. The molecule has 0 saturated carbocycles. The van der Waals surface area contributed by atoms with E-state index >= 15 is 0 Å². The zero-order chi connectivity index (χ0) is 16.9. The summed E-state index contributed by atoms with van der Waals surface area (Å²) >= 11 is 1.63. The van der Waals surface area contributed by atoms with Crippen LogP contribution in [0.3, 0.4) is 0 Å². The Labute approximate surface area is 147 Å². The highest BCUT2D eigenvalue weighted by Crippen LogP contribution is 2.25. The minimum absolute atomic E-state index is 0.0610. The van der Waals surface area contributed by atoms with Crippen molar-refractivity contribution in [3.05, 3.63) is 54.2 Å². The number of nitrogens with zero attached hydrogens (tertiary/aromatic N) is 3. The van der Waals surface area contributed by atoms with Crippen molar-refractivity contribution in [2.75, 3.05) is 31.1 Å². The van der Waals surface area contributed by atoms with Crippen molar-refractivity contribution in [2.24, 2.45) is 0 Å². The SMILES string of the molecule is Cc1ccc(SC(C)C(=O)N2CCN(c3ccccn3)CC2)cc1. The summed E-state index contributed by atoms with van der Waals surface area (Å²) in [7, 11) is 0. The van der Waals surface area contributed by atoms with Crippen LogP contribution in [0.5, 0.6) is 0 Å². The lowest BCUT2D eigenvalue weighted by Gasteiger charge is -2.36. The van der Waals surface area contributed by atoms with E-state index in [-0.39, 0.29) is 11.2 Å². The first-order valence-corrected chi connectivity index (χ1v) is 9.19. The van der Waals surface area contributed by atoms with E-state index in [1.807, 2.05) is 36.2 Å². The van der Waals surface area contributed by atoms with Gasteiger partial charge in [0.05, 0.1) is 5.25 Å². The second-order valence-corrected chi connectivity index (χ2v) is 7.49. The highest BCUT2D eigenvalue weighted by atomic mass is 32.2. The third-order valence-corrected chi connectivity index (χ3v) is 5.35. The summed E-state index contributed by atoms with van der Waals surface area (Å²) in [5.41, 5.74) is 1.24. The number of thioether (sulfide) groups is 1. The summed E-state index contributed by atoms with van der Waals surface area (Å²) in [6.45, 7) is 7.26. The summed E-state index contributed by atoms with van der Waals surface area (Å²) in [5.74, 6) is 1.22. The van der Waals surface area contributed by atoms with Gasteiger partial charge in [0.1, 0.15) is 5.82 Å². The molecule has 1 aromatic carbocycles. The van der Waals surface area contributed by atoms with Crippen LogP contribution in [0.25, 0.3) is 0 Å². The molecule has 1 aromatic heterocycles. The standard InChI is InChI=1S/C19H23N3OS/c1-15-6-8-17(9-7-15)24-16(2)19(23)22-13-11-21(12-14-22)18-5-3-4-10-20-18/h3-10,16H,11-14H2,1-2H3. The Hall–Kier alpha value is -2.01. The monoisotopic (exact) mass is 341 g/mol. The van der Waals surface area contributed by atoms with E-state index in [0.717, 1.165) is 36.9 Å². The topological polar surface area (TPSA) is 36.4 Å². The van der Waals surface area contributed by atoms with Gasteiger partial charge in [0.2, 0.25) is 5.91 Å². The molecule has 1 saturated heterocycles. The molecule has 1 aliphatic heterocycles. The fourth-order valence-electron chi connectivity index (χ4n) is 2.83. The summed E-state index contributed by atoms with van der Waals surface area (Å²) in [6, 6.07) is 14.3. The third kappa shape index (κ3) is 4.09. The van der Waals surface area contributed by atoms with E-state index in [4.69, 9.17) is 0 Å². The highest BCUT2D eigenvalue weighted by molar-refractivity contribution is 8.00. The van der Waals surface area contributed by atoms with Crippen LogP contribution in [-0.2, 0) is 4.79 Å². The molecule has 5 heteroatoms. The average Bonchev–Trinajstić information content (AvgIpc) is 2.64. The van der Waals surface area contributed by atoms with E-state index < -0.39 is 0 Å². The van der Waals surface area contributed by atoms with Gasteiger partial charge in [0.15, 0.2) is 0 Å². The predicted octanol–water partition coefficient (Wildman–Crippen LogP) is 3.22. The van der Waals surface area contributed by atoms with Crippen molar-refractivity contribution < 1.29 is 4.79 Å². The smallest absolute Gasteiger partial charge is 0.235 e. The fraction of sp³-hybridized carbons (Fsp3) is 0.368. The van der Waals surface area contributed by atoms with Crippen LogP contribution < -0.4 is 4.90 Å². The normalized spacial score (nSPS) is 16.1. The molecule has 0 radical (unpaired) electrons. The molecule has 0 N–H and O–H groups in total. The van der Waals surface area contributed by atoms with E-state index in [9.17, 15) is 4.79 Å². The van der Waals surface area contributed by atoms with E-state index in [0.29, 0.717) is 0 Å². The molecule has 0 bridgehead atoms. The number of piperazine rings is 1. The Morgan fingerprint density at radius 1 is 1.08 bits per heavy atom. The number of hydrogen-bond acceptors (Lipinski definition) is 4. The number of aromatic nitrogens is 1. The maximum absolute atomic E-state index is 12.7. The van der Waals surface area contributed by atoms with Gasteiger partial charge < -0.3 is 9.80 Å². The molecule has 126 valence electrons. The van der Waals surface area contributed by atoms with Crippen molar-refractivity contribution in [3.8, 4) is 0 Å². The Kier molecular flexibility index (Phi) is 5.41. The molecule has 3 rings (SSSR count). The third-order valence-electron chi connectivity index (χ3n) is 4.25. The second kappa shape index (κ2) is 7.71. The zero-order valence-electron chi connectivity index (χ0n) is 14.2. The number of amides is 1. The van der Waals surface area contributed by atoms with Gasteiger partial charge in [0, 0.05) is 37.3 Å². The van der Waals surface area contributed by atoms with E-state index in [1.54, 1.807) is 11.8 Å². The first-order chi connectivity index (χ1) is 11.6. The van der Waals surface area contributed by atoms with Gasteiger partial charge in [-0.15, -0.1) is 11.8 Å². The first kappa shape index (κ1) is 16.8. The van der Waals surface area contributed by atoms with Crippen molar-refractivity contribution in [1.29, 1.82) is 0 Å². The van der Waals surface area contributed by atoms with Crippen LogP contribution >= 0.6 is 11.8 Å². The zero-order valence-corrected chi connectivity index (χ0v) is 15.0. The number of aryl methyl sites for hydroxylation is 1. The number of carbonyl (C=O) groups excluding carboxylic acids is 1. The number of pyridine rings is 1. The van der Waals surface area contributed by atoms with Gasteiger partial charge in [0.25, 0.3) is 0 Å². The predicted molar refractivity (Wildman–Crippen MR) is 99.5 cm³/mol. The number of rotatable bonds is 4. The molecule has 1 atom stereocenters. The Morgan fingerprint density at radius 2 is 1.79 bits per heavy atom. The number of anilines is 1. The molecule has 1 fully saturated rings. The largest absolute Gasteiger partial charge is 0.353 e. The van der Waals surface area contributed by atoms with Gasteiger partial charge in [-0.2, -0.15) is 0 Å². The Bertz CT molecular complexity index is 667. The first-order valence-electron chi connectivity index (χ1n) is 8.31. The van der Waals surface area contributed by atoms with Crippen molar-refractivity contribution in [1.82, 2.24) is 9.88 Å². The lowest BCUT2D eigenvalue weighted by atomic mass is 10.2. The maximum atomic E-state index is 12.7. The number of carbonyl (C=O) groups is 1. The lowest BCUT2D eigenvalue weighted by Crippen LogP contribution is -2.50. The highest BCUT2D eigenvalue weighted by Gasteiger charge is 2.25. The van der Waals surface area contributed by atoms with Gasteiger partial charge in [-0.1, -0.05) is 23.8 Å². The second-order valence-electron chi connectivity index (χ2n) is 6.07. The molecular formula is C19H23N3OS. The van der Waals surface area contributed by atoms with Gasteiger partial charge in [-0.05, 0) is 38.1 Å². The van der Waals surface area contributed by atoms with Crippen molar-refractivity contribution >= 4 is 23.5 Å². The van der Waals surface area contributed by atoms with Crippen LogP contribution in [0.2, 0.25) is 0 Å². The number of benzene rings is 1. The average molecular weight is 341 g/mol. The van der Waals surface area contributed by atoms with Crippen molar-refractivity contribution in [2.45, 2.75) is 24.0 Å². The van der Waals surface area contributed by atoms with Crippen molar-refractivity contribution in [3.63, 3.8) is 0 Å². The van der Waals surface area contributed by atoms with E-state index in [1.165, 1.54) is 5.56 Å². The molecule has 2 aromatic rings. The van der Waals surface area contributed by atoms with Crippen LogP contribution in [0.4, 0.5) is 5.82 Å². The molecule has 1 aliphatic rings. The number of hydrogen-bond donors (Lipinski definition) is 0. The molecule has 1 amide bonds. The quantitative estimate of drug-likeness (QED) is 0.800. The lowest BCUT2D eigenvalue weighted by molar-refractivity contribution is -0.130. The van der Waals surface area contributed by atoms with Gasteiger partial charge in [-0.3, -0.25) is 4.79 Å².